The molecule has 1 saturated carbocycles. The lowest BCUT2D eigenvalue weighted by Crippen LogP contribution is -2.28. The van der Waals surface area contributed by atoms with E-state index in [1.54, 1.807) is 6.20 Å². The summed E-state index contributed by atoms with van der Waals surface area (Å²) in [6.45, 7) is 7.59. The van der Waals surface area contributed by atoms with Gasteiger partial charge in [0.2, 0.25) is 0 Å². The highest BCUT2D eigenvalue weighted by molar-refractivity contribution is 5.70. The second-order valence-electron chi connectivity index (χ2n) is 16.8. The number of carbonyl (C=O) groups excluding carboxylic acids is 2. The Morgan fingerprint density at radius 3 is 1.76 bits per heavy atom. The number of carbonyl (C=O) groups is 2. The molecule has 1 saturated heterocycles. The van der Waals surface area contributed by atoms with Gasteiger partial charge < -0.3 is 24.4 Å². The SMILES string of the molecule is C=CN/C(=C\C)CCC1CCC2(CC=CCC=CCOC(=O)CCC=CCC=CCC3(CC=CCC=CCCC(=O)OCC=CCC=CC2)CCC(CCN(C)C)C3)O1. The molecule has 3 aliphatic rings. The first kappa shape index (κ1) is 49.4. The lowest BCUT2D eigenvalue weighted by molar-refractivity contribution is -0.143. The van der Waals surface area contributed by atoms with Crippen LogP contribution >= 0.6 is 0 Å². The van der Waals surface area contributed by atoms with Crippen LogP contribution in [0.1, 0.15) is 135 Å². The molecule has 0 aromatic carbocycles. The Morgan fingerprint density at radius 2 is 1.24 bits per heavy atom. The first-order valence-corrected chi connectivity index (χ1v) is 22.6. The third-order valence-electron chi connectivity index (χ3n) is 11.7. The van der Waals surface area contributed by atoms with Crippen LogP contribution in [0.15, 0.2) is 122 Å². The number of nitrogens with one attached hydrogen (secondary N) is 1. The number of nitrogens with zero attached hydrogens (tertiary/aromatic N) is 1. The first-order chi connectivity index (χ1) is 28.8. The zero-order valence-corrected chi connectivity index (χ0v) is 37.0. The number of cyclic esters (lactones) is 2. The summed E-state index contributed by atoms with van der Waals surface area (Å²) in [5.41, 5.74) is 1.27. The summed E-state index contributed by atoms with van der Waals surface area (Å²) in [6, 6.07) is 0. The zero-order chi connectivity index (χ0) is 42.3. The Bertz CT molecular complexity index is 1420. The van der Waals surface area contributed by atoms with Crippen molar-refractivity contribution >= 4 is 11.9 Å². The maximum atomic E-state index is 12.3. The molecule has 7 heteroatoms. The van der Waals surface area contributed by atoms with Crippen LogP contribution < -0.4 is 5.32 Å². The van der Waals surface area contributed by atoms with E-state index in [4.69, 9.17) is 14.2 Å². The van der Waals surface area contributed by atoms with E-state index < -0.39 is 0 Å². The van der Waals surface area contributed by atoms with E-state index in [-0.39, 0.29) is 23.6 Å². The highest BCUT2D eigenvalue weighted by atomic mass is 16.5. The van der Waals surface area contributed by atoms with Gasteiger partial charge in [0, 0.05) is 18.5 Å². The molecule has 2 atom stereocenters. The molecule has 0 bridgehead atoms. The van der Waals surface area contributed by atoms with Crippen molar-refractivity contribution in [1.82, 2.24) is 10.2 Å². The van der Waals surface area contributed by atoms with E-state index in [1.165, 1.54) is 31.4 Å². The Morgan fingerprint density at radius 1 is 0.712 bits per heavy atom. The predicted molar refractivity (Wildman–Crippen MR) is 247 cm³/mol. The van der Waals surface area contributed by atoms with Crippen molar-refractivity contribution < 1.29 is 23.8 Å². The van der Waals surface area contributed by atoms with Gasteiger partial charge in [0.15, 0.2) is 0 Å². The van der Waals surface area contributed by atoms with Crippen molar-refractivity contribution in [2.24, 2.45) is 11.3 Å². The number of allylic oxidation sites excluding steroid dienone is 14. The molecular formula is C52H78N2O5. The summed E-state index contributed by atoms with van der Waals surface area (Å²) in [6.07, 6.45) is 57.2. The van der Waals surface area contributed by atoms with Gasteiger partial charge in [-0.1, -0.05) is 110 Å². The minimum atomic E-state index is -0.225. The van der Waals surface area contributed by atoms with Crippen molar-refractivity contribution in [2.45, 2.75) is 147 Å². The molecule has 7 nitrogen and oxygen atoms in total. The summed E-state index contributed by atoms with van der Waals surface area (Å²) in [5, 5.41) is 3.23. The van der Waals surface area contributed by atoms with Crippen molar-refractivity contribution in [1.29, 1.82) is 0 Å². The molecule has 0 amide bonds. The van der Waals surface area contributed by atoms with E-state index >= 15 is 0 Å². The minimum absolute atomic E-state index is 0.159. The largest absolute Gasteiger partial charge is 0.461 e. The number of esters is 2. The standard InChI is InChI=1S/C52H78N2O5/c1-5-47(53-6-2)31-32-48-34-41-52(59-48)38-25-17-11-19-27-43-57-49(55)29-21-13-7-9-15-23-36-51(40-33-46(45-51)35-42-54(3)4)37-24-16-10-8-14-22-30-50(56)58-44-28-20-12-18-26-39-52/h5-8,13-20,23-28,46,48,53H,2,9-12,21-22,29-45H2,1,3-4H3/b13-7?,14-8?,23-15?,24-16?,25-17?,26-18?,27-19?,28-20?,47-5-. The van der Waals surface area contributed by atoms with Crippen LogP contribution in [0.3, 0.4) is 0 Å². The van der Waals surface area contributed by atoms with E-state index in [1.807, 2.05) is 19.1 Å². The second-order valence-corrected chi connectivity index (χ2v) is 16.8. The van der Waals surface area contributed by atoms with E-state index in [0.717, 1.165) is 89.5 Å². The third kappa shape index (κ3) is 22.3. The fourth-order valence-electron chi connectivity index (χ4n) is 8.25. The van der Waals surface area contributed by atoms with E-state index in [0.29, 0.717) is 44.3 Å². The minimum Gasteiger partial charge on any atom is -0.461 e. The molecule has 2 spiro atoms. The monoisotopic (exact) mass is 811 g/mol. The molecule has 0 aromatic heterocycles. The average molecular weight is 811 g/mol. The lowest BCUT2D eigenvalue weighted by Gasteiger charge is -2.27. The van der Waals surface area contributed by atoms with E-state index in [9.17, 15) is 9.59 Å². The summed E-state index contributed by atoms with van der Waals surface area (Å²) in [4.78, 5) is 26.9. The number of ether oxygens (including phenoxy) is 3. The molecule has 0 aromatic rings. The molecule has 2 unspecified atom stereocenters. The molecule has 1 N–H and O–H groups in total. The summed E-state index contributed by atoms with van der Waals surface area (Å²) in [5.74, 6) is 0.473. The van der Waals surface area contributed by atoms with Crippen LogP contribution in [-0.4, -0.2) is 62.4 Å². The van der Waals surface area contributed by atoms with Gasteiger partial charge in [-0.25, -0.2) is 0 Å². The van der Waals surface area contributed by atoms with Crippen molar-refractivity contribution in [3.63, 3.8) is 0 Å². The van der Waals surface area contributed by atoms with Crippen LogP contribution in [0.25, 0.3) is 0 Å². The molecule has 0 radical (unpaired) electrons. The average Bonchev–Trinajstić information content (AvgIpc) is 3.83. The second kappa shape index (κ2) is 30.1. The van der Waals surface area contributed by atoms with Gasteiger partial charge in [0.05, 0.1) is 11.7 Å². The summed E-state index contributed by atoms with van der Waals surface area (Å²) < 4.78 is 17.7. The smallest absolute Gasteiger partial charge is 0.306 e. The summed E-state index contributed by atoms with van der Waals surface area (Å²) >= 11 is 0. The third-order valence-corrected chi connectivity index (χ3v) is 11.7. The van der Waals surface area contributed by atoms with Crippen molar-refractivity contribution in [2.75, 3.05) is 33.9 Å². The maximum absolute atomic E-state index is 12.3. The maximum Gasteiger partial charge on any atom is 0.306 e. The summed E-state index contributed by atoms with van der Waals surface area (Å²) in [7, 11) is 4.33. The number of rotatable bonds is 8. The Hall–Kier alpha value is -3.94. The van der Waals surface area contributed by atoms with Crippen molar-refractivity contribution in [3.8, 4) is 0 Å². The van der Waals surface area contributed by atoms with Gasteiger partial charge in [-0.2, -0.15) is 0 Å². The van der Waals surface area contributed by atoms with Gasteiger partial charge in [0.25, 0.3) is 0 Å². The van der Waals surface area contributed by atoms with Crippen LogP contribution in [0.4, 0.5) is 0 Å². The van der Waals surface area contributed by atoms with Gasteiger partial charge in [-0.3, -0.25) is 9.59 Å². The van der Waals surface area contributed by atoms with Crippen molar-refractivity contribution in [3.05, 3.63) is 122 Å². The normalized spacial score (nSPS) is 27.1. The van der Waals surface area contributed by atoms with Gasteiger partial charge in [0.1, 0.15) is 13.2 Å². The highest BCUT2D eigenvalue weighted by Crippen LogP contribution is 2.49. The van der Waals surface area contributed by atoms with Gasteiger partial charge >= 0.3 is 11.9 Å². The zero-order valence-electron chi connectivity index (χ0n) is 37.0. The Kier molecular flexibility index (Phi) is 25.2. The van der Waals surface area contributed by atoms with Gasteiger partial charge in [-0.15, -0.1) is 0 Å². The predicted octanol–water partition coefficient (Wildman–Crippen LogP) is 12.3. The number of hydrogen-bond acceptors (Lipinski definition) is 7. The Balaban J connectivity index is 1.56. The van der Waals surface area contributed by atoms with Crippen LogP contribution in [0.5, 0.6) is 0 Å². The molecule has 2 heterocycles. The van der Waals surface area contributed by atoms with Gasteiger partial charge in [-0.05, 0) is 161 Å². The first-order valence-electron chi connectivity index (χ1n) is 22.6. The molecule has 1 aliphatic carbocycles. The molecule has 326 valence electrons. The lowest BCUT2D eigenvalue weighted by atomic mass is 9.78. The molecule has 2 aliphatic heterocycles. The molecule has 2 fully saturated rings. The van der Waals surface area contributed by atoms with E-state index in [2.05, 4.69) is 122 Å². The van der Waals surface area contributed by atoms with Crippen LogP contribution in [-0.2, 0) is 23.8 Å². The number of hydrogen-bond donors (Lipinski definition) is 1. The molecular weight excluding hydrogens is 733 g/mol. The topological polar surface area (TPSA) is 77.1 Å². The fraction of sp³-hybridized carbons (Fsp3) is 0.577. The molecule has 59 heavy (non-hydrogen) atoms. The fourth-order valence-corrected chi connectivity index (χ4v) is 8.25. The highest BCUT2D eigenvalue weighted by Gasteiger charge is 2.38. The molecule has 3 rings (SSSR count). The quantitative estimate of drug-likeness (QED) is 0.193. The van der Waals surface area contributed by atoms with Crippen LogP contribution in [0.2, 0.25) is 0 Å². The van der Waals surface area contributed by atoms with Crippen LogP contribution in [0, 0.1) is 11.3 Å². The Labute approximate surface area is 358 Å².